The number of aromatic nitrogens is 2. The first-order valence-corrected chi connectivity index (χ1v) is 5.89. The number of methoxy groups -OCH3 is 1. The molecule has 0 saturated heterocycles. The molecule has 1 aromatic carbocycles. The van der Waals surface area contributed by atoms with Crippen LogP contribution in [-0.2, 0) is 0 Å². The number of phenolic OH excluding ortho intramolecular Hbond substituents is 1. The summed E-state index contributed by atoms with van der Waals surface area (Å²) in [5, 5.41) is 17.7. The van der Waals surface area contributed by atoms with Gasteiger partial charge in [-0.25, -0.2) is 0 Å². The van der Waals surface area contributed by atoms with Gasteiger partial charge in [-0.2, -0.15) is 0 Å². The molecule has 1 atom stereocenters. The molecule has 0 bridgehead atoms. The zero-order chi connectivity index (χ0) is 12.3. The van der Waals surface area contributed by atoms with Gasteiger partial charge < -0.3 is 15.2 Å². The van der Waals surface area contributed by atoms with Crippen molar-refractivity contribution in [2.45, 2.75) is 13.0 Å². The van der Waals surface area contributed by atoms with Gasteiger partial charge in [-0.15, -0.1) is 5.10 Å². The Morgan fingerprint density at radius 1 is 1.47 bits per heavy atom. The van der Waals surface area contributed by atoms with E-state index in [0.717, 1.165) is 10.6 Å². The summed E-state index contributed by atoms with van der Waals surface area (Å²) < 4.78 is 8.80. The molecule has 0 aliphatic carbocycles. The molecule has 1 heterocycles. The van der Waals surface area contributed by atoms with Crippen LogP contribution in [-0.4, -0.2) is 21.8 Å². The third-order valence-corrected chi connectivity index (χ3v) is 3.02. The fourth-order valence-electron chi connectivity index (χ4n) is 1.54. The number of aromatic hydroxyl groups is 1. The molecular formula is C11H13N3O2S. The summed E-state index contributed by atoms with van der Waals surface area (Å²) in [5.74, 6) is 0.847. The SMILES string of the molecule is COc1ccc(C(C)Nc2cnns2)c(O)c1. The van der Waals surface area contributed by atoms with E-state index in [1.54, 1.807) is 19.4 Å². The highest BCUT2D eigenvalue weighted by Gasteiger charge is 2.11. The zero-order valence-corrected chi connectivity index (χ0v) is 10.4. The van der Waals surface area contributed by atoms with E-state index in [2.05, 4.69) is 14.9 Å². The predicted molar refractivity (Wildman–Crippen MR) is 66.6 cm³/mol. The van der Waals surface area contributed by atoms with Crippen LogP contribution in [0.3, 0.4) is 0 Å². The molecule has 2 N–H and O–H groups in total. The van der Waals surface area contributed by atoms with Crippen molar-refractivity contribution < 1.29 is 9.84 Å². The fraction of sp³-hybridized carbons (Fsp3) is 0.273. The molecule has 0 spiro atoms. The highest BCUT2D eigenvalue weighted by atomic mass is 32.1. The first-order valence-electron chi connectivity index (χ1n) is 5.11. The highest BCUT2D eigenvalue weighted by molar-refractivity contribution is 7.09. The largest absolute Gasteiger partial charge is 0.507 e. The van der Waals surface area contributed by atoms with Crippen LogP contribution in [0.2, 0.25) is 0 Å². The van der Waals surface area contributed by atoms with Crippen LogP contribution >= 0.6 is 11.5 Å². The zero-order valence-electron chi connectivity index (χ0n) is 9.54. The lowest BCUT2D eigenvalue weighted by Gasteiger charge is -2.15. The van der Waals surface area contributed by atoms with E-state index in [9.17, 15) is 5.11 Å². The van der Waals surface area contributed by atoms with Crippen molar-refractivity contribution in [2.24, 2.45) is 0 Å². The number of anilines is 1. The summed E-state index contributed by atoms with van der Waals surface area (Å²) in [4.78, 5) is 0. The minimum absolute atomic E-state index is 0.0249. The lowest BCUT2D eigenvalue weighted by atomic mass is 10.1. The van der Waals surface area contributed by atoms with E-state index < -0.39 is 0 Å². The van der Waals surface area contributed by atoms with Gasteiger partial charge in [-0.3, -0.25) is 0 Å². The van der Waals surface area contributed by atoms with Gasteiger partial charge in [0, 0.05) is 23.2 Å². The Bertz CT molecular complexity index is 487. The third-order valence-electron chi connectivity index (χ3n) is 2.42. The van der Waals surface area contributed by atoms with Gasteiger partial charge in [-0.1, -0.05) is 4.49 Å². The molecule has 2 aromatic rings. The molecule has 17 heavy (non-hydrogen) atoms. The van der Waals surface area contributed by atoms with E-state index in [1.165, 1.54) is 11.5 Å². The minimum atomic E-state index is -0.0249. The molecule has 6 heteroatoms. The van der Waals surface area contributed by atoms with Crippen molar-refractivity contribution in [3.63, 3.8) is 0 Å². The van der Waals surface area contributed by atoms with Crippen molar-refractivity contribution in [3.8, 4) is 11.5 Å². The average molecular weight is 251 g/mol. The molecule has 0 saturated carbocycles. The second kappa shape index (κ2) is 5.01. The van der Waals surface area contributed by atoms with Crippen molar-refractivity contribution in [1.82, 2.24) is 9.59 Å². The van der Waals surface area contributed by atoms with E-state index in [4.69, 9.17) is 4.74 Å². The molecule has 2 rings (SSSR count). The maximum atomic E-state index is 9.87. The van der Waals surface area contributed by atoms with Crippen molar-refractivity contribution >= 4 is 16.5 Å². The van der Waals surface area contributed by atoms with Gasteiger partial charge in [0.25, 0.3) is 0 Å². The molecule has 0 aliphatic rings. The molecule has 0 radical (unpaired) electrons. The summed E-state index contributed by atoms with van der Waals surface area (Å²) in [6.45, 7) is 1.96. The predicted octanol–water partition coefficient (Wildman–Crippen LogP) is 2.43. The summed E-state index contributed by atoms with van der Waals surface area (Å²) in [6, 6.07) is 5.22. The van der Waals surface area contributed by atoms with E-state index in [-0.39, 0.29) is 11.8 Å². The molecule has 0 amide bonds. The van der Waals surface area contributed by atoms with Crippen LogP contribution in [0.5, 0.6) is 11.5 Å². The van der Waals surface area contributed by atoms with E-state index in [1.807, 2.05) is 19.1 Å². The van der Waals surface area contributed by atoms with Gasteiger partial charge in [0.1, 0.15) is 16.5 Å². The van der Waals surface area contributed by atoms with Crippen LogP contribution in [0.15, 0.2) is 24.4 Å². The second-order valence-corrected chi connectivity index (χ2v) is 4.36. The summed E-state index contributed by atoms with van der Waals surface area (Å²) in [5.41, 5.74) is 0.805. The lowest BCUT2D eigenvalue weighted by Crippen LogP contribution is -2.05. The smallest absolute Gasteiger partial charge is 0.130 e. The summed E-state index contributed by atoms with van der Waals surface area (Å²) in [6.07, 6.45) is 1.65. The first-order chi connectivity index (χ1) is 8.20. The summed E-state index contributed by atoms with van der Waals surface area (Å²) in [7, 11) is 1.57. The normalized spacial score (nSPS) is 12.1. The number of nitrogens with zero attached hydrogens (tertiary/aromatic N) is 2. The first kappa shape index (κ1) is 11.7. The van der Waals surface area contributed by atoms with Gasteiger partial charge in [0.2, 0.25) is 0 Å². The molecular weight excluding hydrogens is 238 g/mol. The Hall–Kier alpha value is -1.82. The molecule has 5 nitrogen and oxygen atoms in total. The average Bonchev–Trinajstić information content (AvgIpc) is 2.81. The summed E-state index contributed by atoms with van der Waals surface area (Å²) >= 11 is 1.28. The number of phenols is 1. The van der Waals surface area contributed by atoms with Gasteiger partial charge in [-0.05, 0) is 19.1 Å². The van der Waals surface area contributed by atoms with Crippen LogP contribution in [0.1, 0.15) is 18.5 Å². The quantitative estimate of drug-likeness (QED) is 0.873. The van der Waals surface area contributed by atoms with Gasteiger partial charge in [0.15, 0.2) is 0 Å². The van der Waals surface area contributed by atoms with Crippen LogP contribution < -0.4 is 10.1 Å². The minimum Gasteiger partial charge on any atom is -0.507 e. The third kappa shape index (κ3) is 2.65. The molecule has 1 aromatic heterocycles. The number of rotatable bonds is 4. The van der Waals surface area contributed by atoms with E-state index >= 15 is 0 Å². The van der Waals surface area contributed by atoms with Gasteiger partial charge in [0.05, 0.1) is 19.3 Å². The number of hydrogen-bond acceptors (Lipinski definition) is 6. The lowest BCUT2D eigenvalue weighted by molar-refractivity contribution is 0.406. The van der Waals surface area contributed by atoms with Crippen LogP contribution in [0, 0.1) is 0 Å². The maximum absolute atomic E-state index is 9.87. The number of ether oxygens (including phenoxy) is 1. The van der Waals surface area contributed by atoms with Crippen molar-refractivity contribution in [3.05, 3.63) is 30.0 Å². The molecule has 0 aliphatic heterocycles. The van der Waals surface area contributed by atoms with Gasteiger partial charge >= 0.3 is 0 Å². The highest BCUT2D eigenvalue weighted by Crippen LogP contribution is 2.30. The standard InChI is InChI=1S/C11H13N3O2S/c1-7(13-11-6-12-14-17-11)9-4-3-8(16-2)5-10(9)15/h3-7,13,15H,1-2H3. The Kier molecular flexibility index (Phi) is 3.43. The number of hydrogen-bond donors (Lipinski definition) is 2. The number of nitrogens with one attached hydrogen (secondary N) is 1. The van der Waals surface area contributed by atoms with Crippen LogP contribution in [0.4, 0.5) is 5.00 Å². The monoisotopic (exact) mass is 251 g/mol. The van der Waals surface area contributed by atoms with Crippen LogP contribution in [0.25, 0.3) is 0 Å². The Balaban J connectivity index is 2.16. The van der Waals surface area contributed by atoms with E-state index in [0.29, 0.717) is 5.75 Å². The maximum Gasteiger partial charge on any atom is 0.130 e. The van der Waals surface area contributed by atoms with Crippen molar-refractivity contribution in [1.29, 1.82) is 0 Å². The van der Waals surface area contributed by atoms with Crippen molar-refractivity contribution in [2.75, 3.05) is 12.4 Å². The Labute approximate surface area is 103 Å². The second-order valence-electron chi connectivity index (χ2n) is 3.57. The topological polar surface area (TPSA) is 67.3 Å². The Morgan fingerprint density at radius 2 is 2.29 bits per heavy atom. The molecule has 1 unspecified atom stereocenters. The molecule has 90 valence electrons. The number of benzene rings is 1. The fourth-order valence-corrected chi connectivity index (χ4v) is 2.04. The Morgan fingerprint density at radius 3 is 2.88 bits per heavy atom. The molecule has 0 fully saturated rings.